The van der Waals surface area contributed by atoms with Crippen LogP contribution in [0, 0.1) is 0 Å². The molecule has 0 aromatic carbocycles. The van der Waals surface area contributed by atoms with Crippen molar-refractivity contribution in [3.8, 4) is 0 Å². The van der Waals surface area contributed by atoms with Gasteiger partial charge in [-0.1, -0.05) is 20.3 Å². The Kier molecular flexibility index (Phi) is 5.96. The zero-order valence-electron chi connectivity index (χ0n) is 9.83. The van der Waals surface area contributed by atoms with E-state index in [9.17, 15) is 5.11 Å². The molecule has 1 heterocycles. The lowest BCUT2D eigenvalue weighted by molar-refractivity contribution is 0.151. The van der Waals surface area contributed by atoms with Gasteiger partial charge in [0.1, 0.15) is 0 Å². The number of aryl methyl sites for hydroxylation is 2. The minimum Gasteiger partial charge on any atom is -0.393 e. The summed E-state index contributed by atoms with van der Waals surface area (Å²) in [6.45, 7) is 4.32. The van der Waals surface area contributed by atoms with Crippen LogP contribution in [-0.2, 0) is 12.8 Å². The van der Waals surface area contributed by atoms with Crippen molar-refractivity contribution in [2.45, 2.75) is 58.5 Å². The molecule has 0 amide bonds. The van der Waals surface area contributed by atoms with Gasteiger partial charge in [0.2, 0.25) is 0 Å². The third-order valence-electron chi connectivity index (χ3n) is 2.65. The first kappa shape index (κ1) is 12.7. The van der Waals surface area contributed by atoms with Crippen molar-refractivity contribution in [3.63, 3.8) is 0 Å². The third-order valence-corrected chi connectivity index (χ3v) is 3.94. The molecule has 86 valence electrons. The van der Waals surface area contributed by atoms with E-state index in [0.29, 0.717) is 0 Å². The van der Waals surface area contributed by atoms with Crippen molar-refractivity contribution in [1.82, 2.24) is 0 Å². The maximum atomic E-state index is 9.58. The lowest BCUT2D eigenvalue weighted by Crippen LogP contribution is -2.05. The zero-order valence-corrected chi connectivity index (χ0v) is 10.6. The number of hydrogen-bond acceptors (Lipinski definition) is 2. The summed E-state index contributed by atoms with van der Waals surface area (Å²) in [5, 5.41) is 9.58. The number of rotatable bonds is 7. The fourth-order valence-corrected chi connectivity index (χ4v) is 2.74. The van der Waals surface area contributed by atoms with E-state index in [1.165, 1.54) is 9.75 Å². The number of thiophene rings is 1. The molecule has 1 atom stereocenters. The Morgan fingerprint density at radius 3 is 2.53 bits per heavy atom. The average molecular weight is 226 g/mol. The van der Waals surface area contributed by atoms with E-state index < -0.39 is 0 Å². The van der Waals surface area contributed by atoms with Crippen LogP contribution in [0.15, 0.2) is 12.1 Å². The van der Waals surface area contributed by atoms with Crippen molar-refractivity contribution in [3.05, 3.63) is 21.9 Å². The highest BCUT2D eigenvalue weighted by atomic mass is 32.1. The van der Waals surface area contributed by atoms with Crippen LogP contribution in [0.2, 0.25) is 0 Å². The van der Waals surface area contributed by atoms with Crippen molar-refractivity contribution < 1.29 is 5.11 Å². The Bertz CT molecular complexity index is 267. The van der Waals surface area contributed by atoms with Gasteiger partial charge in [0.15, 0.2) is 0 Å². The van der Waals surface area contributed by atoms with Crippen molar-refractivity contribution >= 4 is 11.3 Å². The Morgan fingerprint density at radius 2 is 1.93 bits per heavy atom. The minimum atomic E-state index is -0.0828. The predicted octanol–water partition coefficient (Wildman–Crippen LogP) is 3.79. The second-order valence-electron chi connectivity index (χ2n) is 4.06. The Labute approximate surface area is 97.2 Å². The van der Waals surface area contributed by atoms with Crippen LogP contribution in [-0.4, -0.2) is 11.2 Å². The Hall–Kier alpha value is -0.340. The quantitative estimate of drug-likeness (QED) is 0.750. The van der Waals surface area contributed by atoms with Crippen molar-refractivity contribution in [1.29, 1.82) is 0 Å². The van der Waals surface area contributed by atoms with E-state index in [4.69, 9.17) is 0 Å². The molecule has 1 rings (SSSR count). The molecule has 0 radical (unpaired) electrons. The van der Waals surface area contributed by atoms with Gasteiger partial charge in [0.25, 0.3) is 0 Å². The molecule has 2 heteroatoms. The van der Waals surface area contributed by atoms with E-state index in [-0.39, 0.29) is 6.10 Å². The SMILES string of the molecule is CCCC(O)CCCc1ccc(CC)s1. The fourth-order valence-electron chi connectivity index (χ4n) is 1.74. The summed E-state index contributed by atoms with van der Waals surface area (Å²) in [7, 11) is 0. The molecular weight excluding hydrogens is 204 g/mol. The van der Waals surface area contributed by atoms with Crippen LogP contribution >= 0.6 is 11.3 Å². The molecule has 0 aliphatic heterocycles. The van der Waals surface area contributed by atoms with Gasteiger partial charge in [-0.3, -0.25) is 0 Å². The molecule has 1 unspecified atom stereocenters. The molecule has 1 aromatic heterocycles. The summed E-state index contributed by atoms with van der Waals surface area (Å²) in [5.74, 6) is 0. The van der Waals surface area contributed by atoms with E-state index in [0.717, 1.165) is 38.5 Å². The van der Waals surface area contributed by atoms with Crippen molar-refractivity contribution in [2.24, 2.45) is 0 Å². The number of aliphatic hydroxyl groups excluding tert-OH is 1. The molecule has 1 nitrogen and oxygen atoms in total. The van der Waals surface area contributed by atoms with Crippen molar-refractivity contribution in [2.75, 3.05) is 0 Å². The maximum Gasteiger partial charge on any atom is 0.0540 e. The van der Waals surface area contributed by atoms with Gasteiger partial charge in [0, 0.05) is 9.75 Å². The maximum absolute atomic E-state index is 9.58. The van der Waals surface area contributed by atoms with Crippen LogP contribution in [0.5, 0.6) is 0 Å². The van der Waals surface area contributed by atoms with Crippen LogP contribution in [0.4, 0.5) is 0 Å². The summed E-state index contributed by atoms with van der Waals surface area (Å²) < 4.78 is 0. The summed E-state index contributed by atoms with van der Waals surface area (Å²) in [4.78, 5) is 2.94. The first-order valence-corrected chi connectivity index (χ1v) is 6.83. The zero-order chi connectivity index (χ0) is 11.1. The smallest absolute Gasteiger partial charge is 0.0540 e. The van der Waals surface area contributed by atoms with Gasteiger partial charge in [-0.25, -0.2) is 0 Å². The lowest BCUT2D eigenvalue weighted by atomic mass is 10.1. The average Bonchev–Trinajstić information content (AvgIpc) is 2.66. The third kappa shape index (κ3) is 4.80. The first-order valence-electron chi connectivity index (χ1n) is 6.01. The van der Waals surface area contributed by atoms with Crippen LogP contribution < -0.4 is 0 Å². The van der Waals surface area contributed by atoms with Gasteiger partial charge in [0.05, 0.1) is 6.10 Å². The Balaban J connectivity index is 2.19. The summed E-state index contributed by atoms with van der Waals surface area (Å²) in [6.07, 6.45) is 6.29. The molecule has 0 fully saturated rings. The highest BCUT2D eigenvalue weighted by Gasteiger charge is 2.03. The van der Waals surface area contributed by atoms with E-state index in [2.05, 4.69) is 26.0 Å². The van der Waals surface area contributed by atoms with Crippen LogP contribution in [0.25, 0.3) is 0 Å². The normalized spacial score (nSPS) is 13.0. The first-order chi connectivity index (χ1) is 7.26. The molecule has 0 bridgehead atoms. The monoisotopic (exact) mass is 226 g/mol. The highest BCUT2D eigenvalue weighted by molar-refractivity contribution is 7.11. The lowest BCUT2D eigenvalue weighted by Gasteiger charge is -2.07. The molecular formula is C13H22OS. The summed E-state index contributed by atoms with van der Waals surface area (Å²) in [5.41, 5.74) is 0. The van der Waals surface area contributed by atoms with E-state index in [1.807, 2.05) is 11.3 Å². The van der Waals surface area contributed by atoms with Crippen LogP contribution in [0.3, 0.4) is 0 Å². The Morgan fingerprint density at radius 1 is 1.20 bits per heavy atom. The molecule has 15 heavy (non-hydrogen) atoms. The number of hydrogen-bond donors (Lipinski definition) is 1. The van der Waals surface area contributed by atoms with Gasteiger partial charge < -0.3 is 5.11 Å². The predicted molar refractivity (Wildman–Crippen MR) is 67.5 cm³/mol. The number of aliphatic hydroxyl groups is 1. The molecule has 0 saturated heterocycles. The van der Waals surface area contributed by atoms with Gasteiger partial charge >= 0.3 is 0 Å². The molecule has 0 saturated carbocycles. The van der Waals surface area contributed by atoms with Gasteiger partial charge in [-0.15, -0.1) is 11.3 Å². The molecule has 0 aliphatic rings. The molecule has 1 aromatic rings. The van der Waals surface area contributed by atoms with E-state index >= 15 is 0 Å². The molecule has 0 aliphatic carbocycles. The minimum absolute atomic E-state index is 0.0828. The largest absolute Gasteiger partial charge is 0.393 e. The molecule has 0 spiro atoms. The van der Waals surface area contributed by atoms with Gasteiger partial charge in [-0.2, -0.15) is 0 Å². The van der Waals surface area contributed by atoms with Gasteiger partial charge in [-0.05, 0) is 44.2 Å². The summed E-state index contributed by atoms with van der Waals surface area (Å²) in [6, 6.07) is 4.46. The topological polar surface area (TPSA) is 20.2 Å². The highest BCUT2D eigenvalue weighted by Crippen LogP contribution is 2.19. The second-order valence-corrected chi connectivity index (χ2v) is 5.31. The van der Waals surface area contributed by atoms with Crippen LogP contribution in [0.1, 0.15) is 49.3 Å². The fraction of sp³-hybridized carbons (Fsp3) is 0.692. The van der Waals surface area contributed by atoms with E-state index in [1.54, 1.807) is 0 Å². The summed E-state index contributed by atoms with van der Waals surface area (Å²) >= 11 is 1.92. The second kappa shape index (κ2) is 7.02. The standard InChI is InChI=1S/C13H22OS/c1-3-6-11(14)7-5-8-13-10-9-12(4-2)15-13/h9-11,14H,3-8H2,1-2H3. The molecule has 1 N–H and O–H groups in total.